The topological polar surface area (TPSA) is 41.1 Å². The molecule has 0 fully saturated rings. The van der Waals surface area contributed by atoms with E-state index in [2.05, 4.69) is 10.9 Å². The zero-order chi connectivity index (χ0) is 11.4. The van der Waals surface area contributed by atoms with Crippen LogP contribution in [0.25, 0.3) is 0 Å². The predicted octanol–water partition coefficient (Wildman–Crippen LogP) is 1.83. The van der Waals surface area contributed by atoms with Crippen molar-refractivity contribution in [3.05, 3.63) is 34.6 Å². The van der Waals surface area contributed by atoms with Crippen molar-refractivity contribution < 1.29 is 9.18 Å². The summed E-state index contributed by atoms with van der Waals surface area (Å²) in [7, 11) is 1.57. The molecule has 2 N–H and O–H groups in total. The fourth-order valence-corrected chi connectivity index (χ4v) is 1.40. The molecule has 3 nitrogen and oxygen atoms in total. The molecule has 0 saturated carbocycles. The maximum Gasteiger partial charge on any atom is 0.241 e. The van der Waals surface area contributed by atoms with E-state index in [1.807, 2.05) is 0 Å². The average Bonchev–Trinajstić information content (AvgIpc) is 2.21. The van der Waals surface area contributed by atoms with Gasteiger partial charge in [0.25, 0.3) is 0 Å². The molecule has 15 heavy (non-hydrogen) atoms. The molecule has 0 bridgehead atoms. The second-order valence-corrected chi connectivity index (χ2v) is 3.56. The van der Waals surface area contributed by atoms with Crippen molar-refractivity contribution in [2.45, 2.75) is 12.8 Å². The highest BCUT2D eigenvalue weighted by atomic mass is 35.5. The van der Waals surface area contributed by atoms with Crippen molar-refractivity contribution in [3.8, 4) is 0 Å². The van der Waals surface area contributed by atoms with Gasteiger partial charge in [-0.1, -0.05) is 11.6 Å². The van der Waals surface area contributed by atoms with E-state index in [0.717, 1.165) is 0 Å². The molecule has 0 saturated heterocycles. The lowest BCUT2D eigenvalue weighted by Crippen LogP contribution is -2.37. The molecule has 0 aliphatic rings. The largest absolute Gasteiger partial charge is 0.291 e. The first-order chi connectivity index (χ1) is 7.06. The summed E-state index contributed by atoms with van der Waals surface area (Å²) in [5.74, 6) is -1.33. The minimum atomic E-state index is -0.587. The fourth-order valence-electron chi connectivity index (χ4n) is 1.22. The number of hydrazine groups is 1. The molecule has 1 atom stereocenters. The highest BCUT2D eigenvalue weighted by Gasteiger charge is 2.18. The van der Waals surface area contributed by atoms with E-state index in [4.69, 9.17) is 11.6 Å². The highest BCUT2D eigenvalue weighted by Crippen LogP contribution is 2.22. The Morgan fingerprint density at radius 3 is 2.80 bits per heavy atom. The lowest BCUT2D eigenvalue weighted by molar-refractivity contribution is -0.123. The van der Waals surface area contributed by atoms with Crippen LogP contribution in [0.1, 0.15) is 18.4 Å². The number of rotatable bonds is 3. The quantitative estimate of drug-likeness (QED) is 0.778. The van der Waals surface area contributed by atoms with E-state index in [9.17, 15) is 9.18 Å². The van der Waals surface area contributed by atoms with Gasteiger partial charge in [0.1, 0.15) is 5.82 Å². The number of halogens is 2. The van der Waals surface area contributed by atoms with Crippen molar-refractivity contribution in [2.24, 2.45) is 0 Å². The van der Waals surface area contributed by atoms with Crippen LogP contribution in [-0.4, -0.2) is 13.0 Å². The van der Waals surface area contributed by atoms with E-state index in [1.54, 1.807) is 14.0 Å². The maximum absolute atomic E-state index is 13.4. The normalized spacial score (nSPS) is 12.3. The van der Waals surface area contributed by atoms with Crippen LogP contribution in [0, 0.1) is 5.82 Å². The standard InChI is InChI=1S/C10H12ClFN2O/c1-6(10(15)14-13-2)8-5-7(11)3-4-9(8)12/h3-6,13H,1-2H3,(H,14,15). The Kier molecular flexibility index (Phi) is 4.05. The summed E-state index contributed by atoms with van der Waals surface area (Å²) in [6.07, 6.45) is 0. The van der Waals surface area contributed by atoms with Gasteiger partial charge in [0.15, 0.2) is 0 Å². The number of carbonyl (C=O) groups excluding carboxylic acids is 1. The Balaban J connectivity index is 2.94. The number of nitrogens with one attached hydrogen (secondary N) is 2. The first kappa shape index (κ1) is 11.9. The van der Waals surface area contributed by atoms with Crippen LogP contribution in [0.2, 0.25) is 5.02 Å². The molecule has 5 heteroatoms. The Bertz CT molecular complexity index is 370. The van der Waals surface area contributed by atoms with Gasteiger partial charge in [-0.25, -0.2) is 9.82 Å². The zero-order valence-corrected chi connectivity index (χ0v) is 9.23. The van der Waals surface area contributed by atoms with Crippen LogP contribution in [0.15, 0.2) is 18.2 Å². The molecule has 0 aliphatic carbocycles. The van der Waals surface area contributed by atoms with Crippen LogP contribution in [0.3, 0.4) is 0 Å². The van der Waals surface area contributed by atoms with Gasteiger partial charge >= 0.3 is 0 Å². The summed E-state index contributed by atoms with van der Waals surface area (Å²) in [5.41, 5.74) is 5.18. The molecule has 82 valence electrons. The van der Waals surface area contributed by atoms with Gasteiger partial charge in [-0.2, -0.15) is 0 Å². The fraction of sp³-hybridized carbons (Fsp3) is 0.300. The third-order valence-electron chi connectivity index (χ3n) is 2.07. The van der Waals surface area contributed by atoms with Crippen LogP contribution >= 0.6 is 11.6 Å². The second kappa shape index (κ2) is 5.09. The summed E-state index contributed by atoms with van der Waals surface area (Å²) in [6, 6.07) is 4.15. The summed E-state index contributed by atoms with van der Waals surface area (Å²) in [4.78, 5) is 11.4. The molecule has 0 spiro atoms. The van der Waals surface area contributed by atoms with E-state index >= 15 is 0 Å². The van der Waals surface area contributed by atoms with Crippen molar-refractivity contribution >= 4 is 17.5 Å². The third-order valence-corrected chi connectivity index (χ3v) is 2.30. The second-order valence-electron chi connectivity index (χ2n) is 3.13. The highest BCUT2D eigenvalue weighted by molar-refractivity contribution is 6.30. The molecule has 0 heterocycles. The van der Waals surface area contributed by atoms with Crippen molar-refractivity contribution in [3.63, 3.8) is 0 Å². The minimum absolute atomic E-state index is 0.287. The maximum atomic E-state index is 13.4. The van der Waals surface area contributed by atoms with Crippen molar-refractivity contribution in [2.75, 3.05) is 7.05 Å². The zero-order valence-electron chi connectivity index (χ0n) is 8.47. The number of carbonyl (C=O) groups is 1. The smallest absolute Gasteiger partial charge is 0.241 e. The van der Waals surface area contributed by atoms with E-state index in [-0.39, 0.29) is 11.5 Å². The SMILES string of the molecule is CNNC(=O)C(C)c1cc(Cl)ccc1F. The molecule has 0 aromatic heterocycles. The van der Waals surface area contributed by atoms with Gasteiger partial charge in [-0.05, 0) is 25.1 Å². The first-order valence-corrected chi connectivity index (χ1v) is 4.85. The predicted molar refractivity (Wildman–Crippen MR) is 57.0 cm³/mol. The van der Waals surface area contributed by atoms with Gasteiger partial charge in [-0.15, -0.1) is 0 Å². The third kappa shape index (κ3) is 2.91. The summed E-state index contributed by atoms with van der Waals surface area (Å²) in [5, 5.41) is 0.413. The minimum Gasteiger partial charge on any atom is -0.291 e. The monoisotopic (exact) mass is 230 g/mol. The molecular formula is C10H12ClFN2O. The first-order valence-electron chi connectivity index (χ1n) is 4.47. The number of hydrogen-bond donors (Lipinski definition) is 2. The van der Waals surface area contributed by atoms with Gasteiger partial charge in [0.05, 0.1) is 5.92 Å². The van der Waals surface area contributed by atoms with Crippen LogP contribution in [-0.2, 0) is 4.79 Å². The Morgan fingerprint density at radius 1 is 1.53 bits per heavy atom. The van der Waals surface area contributed by atoms with E-state index in [0.29, 0.717) is 5.02 Å². The Labute approximate surface area is 92.6 Å². The van der Waals surface area contributed by atoms with E-state index in [1.165, 1.54) is 18.2 Å². The molecule has 1 amide bonds. The molecule has 0 aliphatic heterocycles. The lowest BCUT2D eigenvalue weighted by Gasteiger charge is -2.12. The lowest BCUT2D eigenvalue weighted by atomic mass is 10.00. The molecule has 1 rings (SSSR count). The summed E-state index contributed by atoms with van der Waals surface area (Å²) < 4.78 is 13.4. The number of hydrogen-bond acceptors (Lipinski definition) is 2. The summed E-state index contributed by atoms with van der Waals surface area (Å²) in [6.45, 7) is 1.61. The molecule has 0 radical (unpaired) electrons. The number of amides is 1. The molecule has 1 aromatic rings. The molecule has 1 aromatic carbocycles. The van der Waals surface area contributed by atoms with Gasteiger partial charge < -0.3 is 0 Å². The Hall–Kier alpha value is -1.13. The van der Waals surface area contributed by atoms with Crippen LogP contribution in [0.4, 0.5) is 4.39 Å². The van der Waals surface area contributed by atoms with Crippen molar-refractivity contribution in [1.82, 2.24) is 10.9 Å². The van der Waals surface area contributed by atoms with Gasteiger partial charge in [0, 0.05) is 17.6 Å². The van der Waals surface area contributed by atoms with E-state index < -0.39 is 11.7 Å². The Morgan fingerprint density at radius 2 is 2.20 bits per heavy atom. The average molecular weight is 231 g/mol. The molecular weight excluding hydrogens is 219 g/mol. The van der Waals surface area contributed by atoms with Gasteiger partial charge in [0.2, 0.25) is 5.91 Å². The summed E-state index contributed by atoms with van der Waals surface area (Å²) >= 11 is 5.73. The molecule has 1 unspecified atom stereocenters. The van der Waals surface area contributed by atoms with Gasteiger partial charge in [-0.3, -0.25) is 10.2 Å². The van der Waals surface area contributed by atoms with Crippen LogP contribution < -0.4 is 10.9 Å². The van der Waals surface area contributed by atoms with Crippen molar-refractivity contribution in [1.29, 1.82) is 0 Å². The van der Waals surface area contributed by atoms with Crippen LogP contribution in [0.5, 0.6) is 0 Å². The number of benzene rings is 1.